The summed E-state index contributed by atoms with van der Waals surface area (Å²) in [7, 11) is -3.68. The summed E-state index contributed by atoms with van der Waals surface area (Å²) < 4.78 is 28.6. The Hall–Kier alpha value is -0.630. The lowest BCUT2D eigenvalue weighted by Crippen LogP contribution is -2.52. The Balaban J connectivity index is 1.94. The second kappa shape index (κ2) is 5.78. The van der Waals surface area contributed by atoms with E-state index in [4.69, 9.17) is 17.3 Å². The zero-order valence-electron chi connectivity index (χ0n) is 12.0. The minimum absolute atomic E-state index is 0.181. The van der Waals surface area contributed by atoms with Crippen molar-refractivity contribution in [3.63, 3.8) is 0 Å². The number of carbonyl (C=O) groups excluding carboxylic acids is 1. The van der Waals surface area contributed by atoms with Gasteiger partial charge < -0.3 is 5.73 Å². The quantitative estimate of drug-likeness (QED) is 0.862. The first-order valence-electron chi connectivity index (χ1n) is 7.43. The molecule has 5 nitrogen and oxygen atoms in total. The normalized spacial score (nSPS) is 31.9. The van der Waals surface area contributed by atoms with Gasteiger partial charge in [-0.15, -0.1) is 11.3 Å². The number of amides is 1. The molecular formula is C14H19ClN2O3S2. The van der Waals surface area contributed by atoms with Crippen LogP contribution in [0.2, 0.25) is 4.34 Å². The van der Waals surface area contributed by atoms with Crippen molar-refractivity contribution in [3.8, 4) is 0 Å². The SMILES string of the molecule is NC(=O)[C@@]12CCCC[C@@H](CC1)[C@@H]2NS(=O)(=O)c1ccc(Cl)s1. The van der Waals surface area contributed by atoms with E-state index in [0.29, 0.717) is 17.2 Å². The minimum atomic E-state index is -3.68. The van der Waals surface area contributed by atoms with Gasteiger partial charge in [-0.1, -0.05) is 24.4 Å². The molecule has 22 heavy (non-hydrogen) atoms. The van der Waals surface area contributed by atoms with E-state index in [1.54, 1.807) is 6.07 Å². The molecule has 2 saturated carbocycles. The molecule has 0 aliphatic heterocycles. The van der Waals surface area contributed by atoms with Gasteiger partial charge in [-0.05, 0) is 43.7 Å². The first-order valence-corrected chi connectivity index (χ1v) is 10.1. The van der Waals surface area contributed by atoms with Crippen molar-refractivity contribution >= 4 is 38.9 Å². The van der Waals surface area contributed by atoms with Crippen LogP contribution in [0, 0.1) is 11.3 Å². The number of sulfonamides is 1. The van der Waals surface area contributed by atoms with Crippen molar-refractivity contribution in [1.82, 2.24) is 4.72 Å². The monoisotopic (exact) mass is 362 g/mol. The second-order valence-electron chi connectivity index (χ2n) is 6.22. The Bertz CT molecular complexity index is 688. The van der Waals surface area contributed by atoms with Crippen molar-refractivity contribution in [2.75, 3.05) is 0 Å². The molecule has 0 aromatic carbocycles. The van der Waals surface area contributed by atoms with Gasteiger partial charge in [0.05, 0.1) is 9.75 Å². The van der Waals surface area contributed by atoms with E-state index in [0.717, 1.165) is 37.0 Å². The highest BCUT2D eigenvalue weighted by Gasteiger charge is 2.54. The van der Waals surface area contributed by atoms with E-state index < -0.39 is 21.5 Å². The van der Waals surface area contributed by atoms with E-state index in [-0.39, 0.29) is 16.0 Å². The van der Waals surface area contributed by atoms with Crippen LogP contribution in [-0.4, -0.2) is 20.4 Å². The van der Waals surface area contributed by atoms with Crippen LogP contribution in [0.5, 0.6) is 0 Å². The Kier molecular flexibility index (Phi) is 4.26. The van der Waals surface area contributed by atoms with Crippen LogP contribution in [0.15, 0.2) is 16.3 Å². The molecule has 2 bridgehead atoms. The van der Waals surface area contributed by atoms with Gasteiger partial charge in [0.25, 0.3) is 0 Å². The average molecular weight is 363 g/mol. The van der Waals surface area contributed by atoms with Crippen LogP contribution < -0.4 is 10.5 Å². The number of primary amides is 1. The zero-order chi connectivity index (χ0) is 16.0. The Labute approximate surface area is 139 Å². The summed E-state index contributed by atoms with van der Waals surface area (Å²) in [5.74, 6) is -0.200. The van der Waals surface area contributed by atoms with Crippen molar-refractivity contribution in [1.29, 1.82) is 0 Å². The molecule has 8 heteroatoms. The molecule has 0 radical (unpaired) electrons. The molecule has 0 unspecified atom stereocenters. The maximum Gasteiger partial charge on any atom is 0.250 e. The molecule has 122 valence electrons. The Morgan fingerprint density at radius 1 is 1.32 bits per heavy atom. The van der Waals surface area contributed by atoms with E-state index in [1.807, 2.05) is 0 Å². The number of fused-ring (bicyclic) bond motifs is 2. The van der Waals surface area contributed by atoms with Crippen LogP contribution in [-0.2, 0) is 14.8 Å². The summed E-state index contributed by atoms with van der Waals surface area (Å²) in [5.41, 5.74) is 4.93. The van der Waals surface area contributed by atoms with Gasteiger partial charge in [0.15, 0.2) is 0 Å². The maximum absolute atomic E-state index is 12.6. The van der Waals surface area contributed by atoms with Crippen LogP contribution in [0.4, 0.5) is 0 Å². The van der Waals surface area contributed by atoms with Gasteiger partial charge >= 0.3 is 0 Å². The van der Waals surface area contributed by atoms with Gasteiger partial charge in [0, 0.05) is 6.04 Å². The summed E-state index contributed by atoms with van der Waals surface area (Å²) in [6.45, 7) is 0. The topological polar surface area (TPSA) is 89.3 Å². The number of nitrogens with two attached hydrogens (primary N) is 1. The van der Waals surface area contributed by atoms with Gasteiger partial charge in [0.1, 0.15) is 4.21 Å². The molecule has 1 aromatic heterocycles. The number of halogens is 1. The molecule has 0 saturated heterocycles. The van der Waals surface area contributed by atoms with E-state index in [1.165, 1.54) is 6.07 Å². The average Bonchev–Trinajstić information content (AvgIpc) is 2.93. The fraction of sp³-hybridized carbons (Fsp3) is 0.643. The number of carbonyl (C=O) groups is 1. The molecule has 3 atom stereocenters. The number of thiophene rings is 1. The molecule has 3 rings (SSSR count). The molecule has 2 fully saturated rings. The van der Waals surface area contributed by atoms with Crippen LogP contribution >= 0.6 is 22.9 Å². The first-order chi connectivity index (χ1) is 10.3. The van der Waals surface area contributed by atoms with Gasteiger partial charge in [0.2, 0.25) is 15.9 Å². The number of hydrogen-bond donors (Lipinski definition) is 2. The van der Waals surface area contributed by atoms with Crippen molar-refractivity contribution in [2.45, 2.75) is 48.8 Å². The lowest BCUT2D eigenvalue weighted by atomic mass is 9.78. The summed E-state index contributed by atoms with van der Waals surface area (Å²) >= 11 is 6.85. The number of rotatable bonds is 4. The van der Waals surface area contributed by atoms with Gasteiger partial charge in [-0.3, -0.25) is 4.79 Å². The highest BCUT2D eigenvalue weighted by Crippen LogP contribution is 2.50. The summed E-state index contributed by atoms with van der Waals surface area (Å²) in [5, 5.41) is 0. The maximum atomic E-state index is 12.6. The highest BCUT2D eigenvalue weighted by atomic mass is 35.5. The fourth-order valence-corrected chi connectivity index (χ4v) is 6.81. The molecule has 2 aliphatic rings. The zero-order valence-corrected chi connectivity index (χ0v) is 14.4. The molecule has 2 aliphatic carbocycles. The third-order valence-corrected chi connectivity index (χ3v) is 8.23. The van der Waals surface area contributed by atoms with Crippen molar-refractivity contribution in [2.24, 2.45) is 17.1 Å². The van der Waals surface area contributed by atoms with E-state index in [9.17, 15) is 13.2 Å². The molecule has 3 N–H and O–H groups in total. The molecule has 1 aromatic rings. The summed E-state index contributed by atoms with van der Waals surface area (Å²) in [4.78, 5) is 12.1. The molecule has 1 amide bonds. The van der Waals surface area contributed by atoms with E-state index in [2.05, 4.69) is 4.72 Å². The lowest BCUT2D eigenvalue weighted by Gasteiger charge is -2.33. The van der Waals surface area contributed by atoms with Crippen LogP contribution in [0.25, 0.3) is 0 Å². The van der Waals surface area contributed by atoms with E-state index >= 15 is 0 Å². The highest BCUT2D eigenvalue weighted by molar-refractivity contribution is 7.91. The summed E-state index contributed by atoms with van der Waals surface area (Å²) in [6, 6.07) is 2.65. The smallest absolute Gasteiger partial charge is 0.250 e. The van der Waals surface area contributed by atoms with Crippen LogP contribution in [0.3, 0.4) is 0 Å². The van der Waals surface area contributed by atoms with Crippen molar-refractivity contribution < 1.29 is 13.2 Å². The fourth-order valence-electron chi connectivity index (χ4n) is 3.93. The molecular weight excluding hydrogens is 344 g/mol. The summed E-state index contributed by atoms with van der Waals surface area (Å²) in [6.07, 6.45) is 5.06. The van der Waals surface area contributed by atoms with Crippen LogP contribution in [0.1, 0.15) is 38.5 Å². The first kappa shape index (κ1) is 16.2. The van der Waals surface area contributed by atoms with Crippen molar-refractivity contribution in [3.05, 3.63) is 16.5 Å². The molecule has 1 heterocycles. The Morgan fingerprint density at radius 2 is 2.09 bits per heavy atom. The minimum Gasteiger partial charge on any atom is -0.369 e. The van der Waals surface area contributed by atoms with Gasteiger partial charge in [-0.2, -0.15) is 0 Å². The Morgan fingerprint density at radius 3 is 2.73 bits per heavy atom. The third kappa shape index (κ3) is 2.68. The molecule has 0 spiro atoms. The number of hydrogen-bond acceptors (Lipinski definition) is 4. The second-order valence-corrected chi connectivity index (χ2v) is 9.88. The predicted molar refractivity (Wildman–Crippen MR) is 86.3 cm³/mol. The third-order valence-electron chi connectivity index (χ3n) is 5.06. The largest absolute Gasteiger partial charge is 0.369 e. The van der Waals surface area contributed by atoms with Gasteiger partial charge in [-0.25, -0.2) is 13.1 Å². The predicted octanol–water partition coefficient (Wildman–Crippen LogP) is 2.50. The number of nitrogens with one attached hydrogen (secondary N) is 1. The standard InChI is InChI=1S/C14H19ClN2O3S2/c15-10-4-5-11(21-10)22(19,20)17-12-9-3-1-2-7-14(12,8-6-9)13(16)18/h4-5,9,12,17H,1-3,6-8H2,(H2,16,18)/t9-,12-,14-/m0/s1. The lowest BCUT2D eigenvalue weighted by molar-refractivity contribution is -0.128.